The maximum absolute atomic E-state index is 12.0. The molecule has 74 valence electrons. The van der Waals surface area contributed by atoms with E-state index in [1.807, 2.05) is 0 Å². The van der Waals surface area contributed by atoms with Crippen LogP contribution in [0.25, 0.3) is 0 Å². The Morgan fingerprint density at radius 2 is 1.25 bits per heavy atom. The molecule has 2 atom stereocenters. The van der Waals surface area contributed by atoms with E-state index in [2.05, 4.69) is 5.32 Å². The second-order valence-corrected chi connectivity index (χ2v) is 2.65. The largest absolute Gasteiger partial charge is 0.316 e. The van der Waals surface area contributed by atoms with Gasteiger partial charge in [0.25, 0.3) is 0 Å². The molecule has 0 radical (unpaired) electrons. The van der Waals surface area contributed by atoms with Crippen LogP contribution >= 0.6 is 12.4 Å². The van der Waals surface area contributed by atoms with Gasteiger partial charge in [-0.3, -0.25) is 0 Å². The van der Waals surface area contributed by atoms with E-state index in [-0.39, 0.29) is 25.5 Å². The van der Waals surface area contributed by atoms with Gasteiger partial charge in [0, 0.05) is 24.9 Å². The van der Waals surface area contributed by atoms with E-state index in [9.17, 15) is 17.6 Å². The van der Waals surface area contributed by atoms with Crippen LogP contribution in [0.3, 0.4) is 0 Å². The summed E-state index contributed by atoms with van der Waals surface area (Å²) in [5, 5.41) is 2.53. The van der Waals surface area contributed by atoms with Crippen molar-refractivity contribution in [1.29, 1.82) is 0 Å². The highest BCUT2D eigenvalue weighted by molar-refractivity contribution is 5.85. The Hall–Kier alpha value is -0.0300. The molecule has 1 heterocycles. The van der Waals surface area contributed by atoms with E-state index >= 15 is 0 Å². The molecule has 1 fully saturated rings. The summed E-state index contributed by atoms with van der Waals surface area (Å²) in [5.41, 5.74) is 0. The van der Waals surface area contributed by atoms with Gasteiger partial charge in [-0.2, -0.15) is 0 Å². The van der Waals surface area contributed by atoms with Crippen LogP contribution in [0.2, 0.25) is 0 Å². The molecule has 6 heteroatoms. The van der Waals surface area contributed by atoms with E-state index in [4.69, 9.17) is 0 Å². The van der Waals surface area contributed by atoms with Crippen LogP contribution in [-0.2, 0) is 0 Å². The Morgan fingerprint density at radius 3 is 1.50 bits per heavy atom. The lowest BCUT2D eigenvalue weighted by molar-refractivity contribution is -0.00152. The van der Waals surface area contributed by atoms with Gasteiger partial charge < -0.3 is 5.32 Å². The lowest BCUT2D eigenvalue weighted by atomic mass is 9.97. The summed E-state index contributed by atoms with van der Waals surface area (Å²) >= 11 is 0. The minimum Gasteiger partial charge on any atom is -0.316 e. The zero-order valence-corrected chi connectivity index (χ0v) is 6.96. The molecule has 1 saturated heterocycles. The maximum Gasteiger partial charge on any atom is 0.243 e. The molecule has 0 unspecified atom stereocenters. The van der Waals surface area contributed by atoms with Crippen molar-refractivity contribution in [2.75, 3.05) is 13.1 Å². The molecule has 0 aromatic rings. The van der Waals surface area contributed by atoms with Gasteiger partial charge in [0.1, 0.15) is 0 Å². The van der Waals surface area contributed by atoms with Crippen LogP contribution in [-0.4, -0.2) is 25.9 Å². The van der Waals surface area contributed by atoms with Gasteiger partial charge in [0.15, 0.2) is 0 Å². The molecule has 1 aliphatic rings. The van der Waals surface area contributed by atoms with Crippen molar-refractivity contribution >= 4 is 12.4 Å². The summed E-state index contributed by atoms with van der Waals surface area (Å²) in [5.74, 6) is -2.34. The molecule has 0 aromatic carbocycles. The van der Waals surface area contributed by atoms with Crippen LogP contribution in [0, 0.1) is 11.8 Å². The fourth-order valence-electron chi connectivity index (χ4n) is 1.27. The quantitative estimate of drug-likeness (QED) is 0.681. The molecule has 0 aromatic heterocycles. The highest BCUT2D eigenvalue weighted by Gasteiger charge is 2.39. The lowest BCUT2D eigenvalue weighted by Crippen LogP contribution is -2.25. The fraction of sp³-hybridized carbons (Fsp3) is 1.00. The summed E-state index contributed by atoms with van der Waals surface area (Å²) < 4.78 is 47.9. The first-order chi connectivity index (χ1) is 5.13. The highest BCUT2D eigenvalue weighted by atomic mass is 35.5. The van der Waals surface area contributed by atoms with E-state index in [0.29, 0.717) is 0 Å². The monoisotopic (exact) mass is 207 g/mol. The average molecular weight is 208 g/mol. The molecule has 1 aliphatic heterocycles. The molecule has 0 spiro atoms. The van der Waals surface area contributed by atoms with E-state index in [1.54, 1.807) is 0 Å². The zero-order valence-electron chi connectivity index (χ0n) is 6.14. The number of rotatable bonds is 2. The van der Waals surface area contributed by atoms with E-state index < -0.39 is 24.7 Å². The lowest BCUT2D eigenvalue weighted by Gasteiger charge is -2.15. The van der Waals surface area contributed by atoms with Crippen molar-refractivity contribution in [3.63, 3.8) is 0 Å². The molecule has 0 saturated carbocycles. The molecular formula is C6H10ClF4N. The first kappa shape index (κ1) is 12.0. The highest BCUT2D eigenvalue weighted by Crippen LogP contribution is 2.28. The van der Waals surface area contributed by atoms with E-state index in [0.717, 1.165) is 0 Å². The topological polar surface area (TPSA) is 12.0 Å². The Balaban J connectivity index is 0.00000121. The van der Waals surface area contributed by atoms with Crippen molar-refractivity contribution in [2.24, 2.45) is 11.8 Å². The summed E-state index contributed by atoms with van der Waals surface area (Å²) in [6.45, 7) is 0.0132. The molecule has 0 aliphatic carbocycles. The molecule has 1 N–H and O–H groups in total. The second kappa shape index (κ2) is 4.87. The third-order valence-electron chi connectivity index (χ3n) is 1.96. The number of hydrogen-bond donors (Lipinski definition) is 1. The Morgan fingerprint density at radius 1 is 0.917 bits per heavy atom. The number of alkyl halides is 4. The molecule has 0 bridgehead atoms. The van der Waals surface area contributed by atoms with Crippen LogP contribution in [0.4, 0.5) is 17.6 Å². The van der Waals surface area contributed by atoms with Crippen LogP contribution in [0.15, 0.2) is 0 Å². The summed E-state index contributed by atoms with van der Waals surface area (Å²) in [4.78, 5) is 0. The summed E-state index contributed by atoms with van der Waals surface area (Å²) in [7, 11) is 0. The van der Waals surface area contributed by atoms with Crippen molar-refractivity contribution in [1.82, 2.24) is 5.32 Å². The SMILES string of the molecule is Cl.FC(F)[C@H]1CNC[C@@H]1C(F)F. The van der Waals surface area contributed by atoms with Crippen molar-refractivity contribution in [3.05, 3.63) is 0 Å². The van der Waals surface area contributed by atoms with Crippen molar-refractivity contribution in [3.8, 4) is 0 Å². The Labute approximate surface area is 73.9 Å². The van der Waals surface area contributed by atoms with Gasteiger partial charge in [0.2, 0.25) is 12.9 Å². The minimum atomic E-state index is -2.64. The summed E-state index contributed by atoms with van der Waals surface area (Å²) in [6, 6.07) is 0. The minimum absolute atomic E-state index is 0. The van der Waals surface area contributed by atoms with E-state index in [1.165, 1.54) is 0 Å². The number of nitrogens with one attached hydrogen (secondary N) is 1. The molecule has 12 heavy (non-hydrogen) atoms. The molecule has 1 nitrogen and oxygen atoms in total. The van der Waals surface area contributed by atoms with Crippen molar-refractivity contribution < 1.29 is 17.6 Å². The van der Waals surface area contributed by atoms with Crippen LogP contribution in [0.1, 0.15) is 0 Å². The number of hydrogen-bond acceptors (Lipinski definition) is 1. The molecular weight excluding hydrogens is 198 g/mol. The standard InChI is InChI=1S/C6H9F4N.ClH/c7-5(8)3-1-11-2-4(3)6(9)10;/h3-6,11H,1-2H2;1H/t3-,4-;/m0./s1. The van der Waals surface area contributed by atoms with Gasteiger partial charge >= 0.3 is 0 Å². The third kappa shape index (κ3) is 2.48. The van der Waals surface area contributed by atoms with Crippen molar-refractivity contribution in [2.45, 2.75) is 12.9 Å². The first-order valence-electron chi connectivity index (χ1n) is 3.40. The van der Waals surface area contributed by atoms with Gasteiger partial charge in [-0.1, -0.05) is 0 Å². The first-order valence-corrected chi connectivity index (χ1v) is 3.40. The van der Waals surface area contributed by atoms with Gasteiger partial charge in [-0.25, -0.2) is 17.6 Å². The van der Waals surface area contributed by atoms with Crippen LogP contribution < -0.4 is 5.32 Å². The zero-order chi connectivity index (χ0) is 8.43. The predicted molar refractivity (Wildman–Crippen MR) is 39.1 cm³/mol. The van der Waals surface area contributed by atoms with Crippen LogP contribution in [0.5, 0.6) is 0 Å². The normalized spacial score (nSPS) is 29.5. The smallest absolute Gasteiger partial charge is 0.243 e. The van der Waals surface area contributed by atoms with Gasteiger partial charge in [-0.05, 0) is 0 Å². The average Bonchev–Trinajstić information content (AvgIpc) is 2.32. The molecule has 0 amide bonds. The van der Waals surface area contributed by atoms with Gasteiger partial charge in [-0.15, -0.1) is 12.4 Å². The Bertz CT molecular complexity index is 119. The van der Waals surface area contributed by atoms with Gasteiger partial charge in [0.05, 0.1) is 0 Å². The maximum atomic E-state index is 12.0. The predicted octanol–water partition coefficient (Wildman–Crippen LogP) is 1.77. The summed E-state index contributed by atoms with van der Waals surface area (Å²) in [6.07, 6.45) is -5.27. The number of halogens is 5. The Kier molecular flexibility index (Phi) is 4.85. The fourth-order valence-corrected chi connectivity index (χ4v) is 1.27. The second-order valence-electron chi connectivity index (χ2n) is 2.65. The molecule has 1 rings (SSSR count). The third-order valence-corrected chi connectivity index (χ3v) is 1.96.